The van der Waals surface area contributed by atoms with Crippen molar-refractivity contribution in [2.24, 2.45) is 0 Å². The molecule has 0 aliphatic carbocycles. The van der Waals surface area contributed by atoms with Crippen LogP contribution in [0.3, 0.4) is 0 Å². The smallest absolute Gasteiger partial charge is 0.415 e. The molecule has 0 saturated carbocycles. The summed E-state index contributed by atoms with van der Waals surface area (Å²) in [6.45, 7) is 6.23. The predicted molar refractivity (Wildman–Crippen MR) is 140 cm³/mol. The molecule has 0 bridgehead atoms. The van der Waals surface area contributed by atoms with Gasteiger partial charge in [0.15, 0.2) is 6.10 Å². The summed E-state index contributed by atoms with van der Waals surface area (Å²) in [5.41, 5.74) is 0.832. The molecule has 1 N–H and O–H groups in total. The van der Waals surface area contributed by atoms with E-state index in [1.54, 1.807) is 55.3 Å². The van der Waals surface area contributed by atoms with Crippen LogP contribution in [-0.2, 0) is 20.7 Å². The van der Waals surface area contributed by atoms with E-state index in [4.69, 9.17) is 23.7 Å². The van der Waals surface area contributed by atoms with Crippen molar-refractivity contribution < 1.29 is 38.4 Å². The molecule has 9 heteroatoms. The van der Waals surface area contributed by atoms with Gasteiger partial charge in [-0.25, -0.2) is 9.59 Å². The maximum Gasteiger partial charge on any atom is 0.415 e. The van der Waals surface area contributed by atoms with Gasteiger partial charge < -0.3 is 33.7 Å². The van der Waals surface area contributed by atoms with Crippen LogP contribution in [-0.4, -0.2) is 74.8 Å². The number of benzene rings is 2. The standard InChI is InChI=1S/C28H39NO8/c1-4-6-7-18-34-19-16-29(28(32)37-25-14-12-23(33-3)13-15-25)17-20-36-24-10-8-22(9-11-24)21-26(27(30)31)35-5-2/h8-15,26H,4-7,16-21H2,1-3H3,(H,30,31). The number of methoxy groups -OCH3 is 1. The fourth-order valence-electron chi connectivity index (χ4n) is 3.46. The van der Waals surface area contributed by atoms with Crippen molar-refractivity contribution in [2.75, 3.05) is 46.6 Å². The molecule has 0 aliphatic heterocycles. The molecule has 1 unspecified atom stereocenters. The molecule has 0 spiro atoms. The monoisotopic (exact) mass is 517 g/mol. The molecule has 2 rings (SSSR count). The number of unbranched alkanes of at least 4 members (excludes halogenated alkanes) is 2. The molecule has 2 aromatic carbocycles. The Bertz CT molecular complexity index is 917. The van der Waals surface area contributed by atoms with E-state index in [2.05, 4.69) is 6.92 Å². The van der Waals surface area contributed by atoms with Gasteiger partial charge in [0, 0.05) is 26.2 Å². The summed E-state index contributed by atoms with van der Waals surface area (Å²) in [4.78, 5) is 25.7. The first-order valence-electron chi connectivity index (χ1n) is 12.7. The van der Waals surface area contributed by atoms with Crippen molar-refractivity contribution in [3.63, 3.8) is 0 Å². The zero-order valence-corrected chi connectivity index (χ0v) is 22.0. The summed E-state index contributed by atoms with van der Waals surface area (Å²) < 4.78 is 27.4. The average molecular weight is 518 g/mol. The Labute approximate surface area is 219 Å². The zero-order chi connectivity index (χ0) is 26.9. The van der Waals surface area contributed by atoms with E-state index in [0.29, 0.717) is 50.2 Å². The Morgan fingerprint density at radius 2 is 1.51 bits per heavy atom. The molecule has 0 radical (unpaired) electrons. The number of aliphatic carboxylic acids is 1. The molecule has 0 fully saturated rings. The van der Waals surface area contributed by atoms with Crippen molar-refractivity contribution in [3.8, 4) is 17.2 Å². The summed E-state index contributed by atoms with van der Waals surface area (Å²) in [5.74, 6) is 0.722. The topological polar surface area (TPSA) is 104 Å². The van der Waals surface area contributed by atoms with Gasteiger partial charge in [-0.2, -0.15) is 0 Å². The van der Waals surface area contributed by atoms with E-state index in [0.717, 1.165) is 24.8 Å². The van der Waals surface area contributed by atoms with E-state index in [1.165, 1.54) is 0 Å². The Hall–Kier alpha value is -3.30. The minimum atomic E-state index is -0.988. The first-order chi connectivity index (χ1) is 18.0. The van der Waals surface area contributed by atoms with E-state index < -0.39 is 18.2 Å². The Kier molecular flexibility index (Phi) is 13.9. The van der Waals surface area contributed by atoms with Gasteiger partial charge in [0.05, 0.1) is 20.3 Å². The van der Waals surface area contributed by atoms with E-state index >= 15 is 0 Å². The van der Waals surface area contributed by atoms with Crippen molar-refractivity contribution in [1.82, 2.24) is 4.90 Å². The van der Waals surface area contributed by atoms with Gasteiger partial charge in [-0.05, 0) is 55.3 Å². The lowest BCUT2D eigenvalue weighted by atomic mass is 10.1. The van der Waals surface area contributed by atoms with Crippen molar-refractivity contribution >= 4 is 12.1 Å². The summed E-state index contributed by atoms with van der Waals surface area (Å²) >= 11 is 0. The van der Waals surface area contributed by atoms with Crippen LogP contribution in [0.5, 0.6) is 17.2 Å². The zero-order valence-electron chi connectivity index (χ0n) is 22.0. The van der Waals surface area contributed by atoms with Gasteiger partial charge in [-0.3, -0.25) is 0 Å². The van der Waals surface area contributed by atoms with Crippen LogP contribution in [0.4, 0.5) is 4.79 Å². The molecule has 1 atom stereocenters. The second-order valence-electron chi connectivity index (χ2n) is 8.33. The Morgan fingerprint density at radius 3 is 2.14 bits per heavy atom. The minimum absolute atomic E-state index is 0.254. The highest BCUT2D eigenvalue weighted by molar-refractivity contribution is 5.72. The Balaban J connectivity index is 1.90. The normalized spacial score (nSPS) is 11.5. The lowest BCUT2D eigenvalue weighted by Crippen LogP contribution is -2.39. The molecule has 0 heterocycles. The molecule has 0 aliphatic rings. The van der Waals surface area contributed by atoms with Gasteiger partial charge in [0.2, 0.25) is 0 Å². The largest absolute Gasteiger partial charge is 0.497 e. The number of carboxylic acid groups (broad SMARTS) is 1. The molecular weight excluding hydrogens is 478 g/mol. The maximum atomic E-state index is 12.8. The number of ether oxygens (including phenoxy) is 5. The van der Waals surface area contributed by atoms with Gasteiger partial charge >= 0.3 is 12.1 Å². The number of rotatable bonds is 18. The number of hydrogen-bond donors (Lipinski definition) is 1. The highest BCUT2D eigenvalue weighted by atomic mass is 16.6. The third kappa shape index (κ3) is 11.5. The summed E-state index contributed by atoms with van der Waals surface area (Å²) in [5, 5.41) is 9.26. The highest BCUT2D eigenvalue weighted by Crippen LogP contribution is 2.18. The third-order valence-corrected chi connectivity index (χ3v) is 5.54. The first-order valence-corrected chi connectivity index (χ1v) is 12.7. The summed E-state index contributed by atoms with van der Waals surface area (Å²) in [6.07, 6.45) is 2.12. The molecule has 1 amide bonds. The second kappa shape index (κ2) is 17.2. The van der Waals surface area contributed by atoms with E-state index in [9.17, 15) is 14.7 Å². The number of amides is 1. The molecule has 204 valence electrons. The quantitative estimate of drug-likeness (QED) is 0.281. The van der Waals surface area contributed by atoms with Crippen LogP contribution < -0.4 is 14.2 Å². The van der Waals surface area contributed by atoms with Gasteiger partial charge in [-0.1, -0.05) is 31.9 Å². The third-order valence-electron chi connectivity index (χ3n) is 5.54. The number of carbonyl (C=O) groups is 2. The molecule has 37 heavy (non-hydrogen) atoms. The minimum Gasteiger partial charge on any atom is -0.497 e. The summed E-state index contributed by atoms with van der Waals surface area (Å²) in [7, 11) is 1.57. The molecule has 0 aromatic heterocycles. The number of hydrogen-bond acceptors (Lipinski definition) is 7. The van der Waals surface area contributed by atoms with Crippen LogP contribution >= 0.6 is 0 Å². The molecule has 0 saturated heterocycles. The lowest BCUT2D eigenvalue weighted by molar-refractivity contribution is -0.149. The number of carboxylic acids is 1. The SMILES string of the molecule is CCCCCOCCN(CCOc1ccc(CC(OCC)C(=O)O)cc1)C(=O)Oc1ccc(OC)cc1. The van der Waals surface area contributed by atoms with Crippen molar-refractivity contribution in [2.45, 2.75) is 45.6 Å². The highest BCUT2D eigenvalue weighted by Gasteiger charge is 2.18. The summed E-state index contributed by atoms with van der Waals surface area (Å²) in [6, 6.07) is 14.0. The van der Waals surface area contributed by atoms with Gasteiger partial charge in [-0.15, -0.1) is 0 Å². The lowest BCUT2D eigenvalue weighted by Gasteiger charge is -2.22. The van der Waals surface area contributed by atoms with Crippen LogP contribution in [0.25, 0.3) is 0 Å². The predicted octanol–water partition coefficient (Wildman–Crippen LogP) is 4.81. The van der Waals surface area contributed by atoms with Crippen LogP contribution in [0.1, 0.15) is 38.7 Å². The molecule has 2 aromatic rings. The Morgan fingerprint density at radius 1 is 0.865 bits per heavy atom. The fraction of sp³-hybridized carbons (Fsp3) is 0.500. The number of carbonyl (C=O) groups excluding carboxylic acids is 1. The number of nitrogens with zero attached hydrogens (tertiary/aromatic N) is 1. The second-order valence-corrected chi connectivity index (χ2v) is 8.33. The fourth-order valence-corrected chi connectivity index (χ4v) is 3.46. The van der Waals surface area contributed by atoms with Crippen molar-refractivity contribution in [1.29, 1.82) is 0 Å². The van der Waals surface area contributed by atoms with Crippen LogP contribution in [0.2, 0.25) is 0 Å². The molecule has 9 nitrogen and oxygen atoms in total. The van der Waals surface area contributed by atoms with Crippen LogP contribution in [0.15, 0.2) is 48.5 Å². The van der Waals surface area contributed by atoms with E-state index in [1.807, 2.05) is 12.1 Å². The van der Waals surface area contributed by atoms with Crippen LogP contribution in [0, 0.1) is 0 Å². The van der Waals surface area contributed by atoms with Gasteiger partial charge in [0.25, 0.3) is 0 Å². The first kappa shape index (κ1) is 29.9. The maximum absolute atomic E-state index is 12.8. The average Bonchev–Trinajstić information content (AvgIpc) is 2.90. The van der Waals surface area contributed by atoms with E-state index in [-0.39, 0.29) is 13.0 Å². The van der Waals surface area contributed by atoms with Gasteiger partial charge in [0.1, 0.15) is 23.9 Å². The van der Waals surface area contributed by atoms with Crippen molar-refractivity contribution in [3.05, 3.63) is 54.1 Å². The molecular formula is C28H39NO8.